The molecule has 0 radical (unpaired) electrons. The smallest absolute Gasteiger partial charge is 0.0642 e. The lowest BCUT2D eigenvalue weighted by atomic mass is 10.1. The Labute approximate surface area is 124 Å². The van der Waals surface area contributed by atoms with Crippen molar-refractivity contribution in [2.75, 3.05) is 11.9 Å². The molecule has 0 saturated heterocycles. The number of anilines is 1. The Kier molecular flexibility index (Phi) is 4.73. The van der Waals surface area contributed by atoms with E-state index >= 15 is 0 Å². The topological polar surface area (TPSA) is 3.24 Å². The zero-order valence-electron chi connectivity index (χ0n) is 11.2. The fourth-order valence-electron chi connectivity index (χ4n) is 2.22. The molecule has 2 aromatic rings. The first kappa shape index (κ1) is 14.2. The van der Waals surface area contributed by atoms with E-state index in [0.29, 0.717) is 5.88 Å². The summed E-state index contributed by atoms with van der Waals surface area (Å²) in [6.07, 6.45) is 0. The lowest BCUT2D eigenvalue weighted by molar-refractivity contribution is 0.908. The lowest BCUT2D eigenvalue weighted by Gasteiger charge is -2.24. The fraction of sp³-hybridized carbons (Fsp3) is 0.250. The largest absolute Gasteiger partial charge is 0.369 e. The minimum absolute atomic E-state index is 0.466. The van der Waals surface area contributed by atoms with E-state index in [1.54, 1.807) is 0 Å². The number of hydrogen-bond donors (Lipinski definition) is 0. The summed E-state index contributed by atoms with van der Waals surface area (Å²) in [5, 5.41) is 0.745. The summed E-state index contributed by atoms with van der Waals surface area (Å²) in [5.41, 5.74) is 4.66. The molecule has 0 N–H and O–H groups in total. The van der Waals surface area contributed by atoms with Crippen LogP contribution in [0.15, 0.2) is 42.5 Å². The first-order chi connectivity index (χ1) is 9.13. The highest BCUT2D eigenvalue weighted by Gasteiger charge is 2.12. The molecule has 0 fully saturated rings. The van der Waals surface area contributed by atoms with Crippen molar-refractivity contribution in [1.29, 1.82) is 0 Å². The molecule has 100 valence electrons. The molecule has 0 atom stereocenters. The Bertz CT molecular complexity index is 566. The van der Waals surface area contributed by atoms with Crippen molar-refractivity contribution in [3.05, 3.63) is 64.2 Å². The summed E-state index contributed by atoms with van der Waals surface area (Å²) < 4.78 is 0. The van der Waals surface area contributed by atoms with Crippen molar-refractivity contribution in [2.24, 2.45) is 0 Å². The van der Waals surface area contributed by atoms with Crippen LogP contribution in [0.4, 0.5) is 5.69 Å². The SMILES string of the molecule is Cc1ccccc1CN(C)c1c(Cl)cccc1CCl. The second-order valence-electron chi connectivity index (χ2n) is 4.66. The second-order valence-corrected chi connectivity index (χ2v) is 5.34. The molecular formula is C16H17Cl2N. The molecule has 0 bridgehead atoms. The molecule has 0 heterocycles. The maximum absolute atomic E-state index is 6.31. The molecule has 0 aliphatic rings. The van der Waals surface area contributed by atoms with Crippen LogP contribution >= 0.6 is 23.2 Å². The third kappa shape index (κ3) is 3.23. The third-order valence-corrected chi connectivity index (χ3v) is 3.86. The molecule has 0 unspecified atom stereocenters. The van der Waals surface area contributed by atoms with E-state index in [1.807, 2.05) is 25.2 Å². The van der Waals surface area contributed by atoms with Crippen molar-refractivity contribution >= 4 is 28.9 Å². The van der Waals surface area contributed by atoms with Crippen LogP contribution in [0.25, 0.3) is 0 Å². The summed E-state index contributed by atoms with van der Waals surface area (Å²) in [6, 6.07) is 14.2. The lowest BCUT2D eigenvalue weighted by Crippen LogP contribution is -2.18. The minimum atomic E-state index is 0.466. The van der Waals surface area contributed by atoms with Crippen molar-refractivity contribution in [3.8, 4) is 0 Å². The Morgan fingerprint density at radius 3 is 2.37 bits per heavy atom. The van der Waals surface area contributed by atoms with Gasteiger partial charge in [-0.3, -0.25) is 0 Å². The number of nitrogens with zero attached hydrogens (tertiary/aromatic N) is 1. The predicted molar refractivity (Wildman–Crippen MR) is 84.3 cm³/mol. The van der Waals surface area contributed by atoms with Gasteiger partial charge in [0.25, 0.3) is 0 Å². The summed E-state index contributed by atoms with van der Waals surface area (Å²) in [6.45, 7) is 2.94. The molecule has 0 amide bonds. The van der Waals surface area contributed by atoms with E-state index in [4.69, 9.17) is 23.2 Å². The Hall–Kier alpha value is -1.18. The highest BCUT2D eigenvalue weighted by atomic mass is 35.5. The molecule has 0 spiro atoms. The fourth-order valence-corrected chi connectivity index (χ4v) is 2.77. The van der Waals surface area contributed by atoms with Gasteiger partial charge in [0.1, 0.15) is 0 Å². The maximum atomic E-state index is 6.31. The average Bonchev–Trinajstić information content (AvgIpc) is 2.40. The number of aryl methyl sites for hydroxylation is 1. The highest BCUT2D eigenvalue weighted by Crippen LogP contribution is 2.31. The summed E-state index contributed by atoms with van der Waals surface area (Å²) in [5.74, 6) is 0.466. The van der Waals surface area contributed by atoms with Crippen molar-refractivity contribution in [3.63, 3.8) is 0 Å². The monoisotopic (exact) mass is 293 g/mol. The number of hydrogen-bond acceptors (Lipinski definition) is 1. The van der Waals surface area contributed by atoms with Crippen LogP contribution in [0.1, 0.15) is 16.7 Å². The van der Waals surface area contributed by atoms with E-state index in [1.165, 1.54) is 11.1 Å². The first-order valence-corrected chi connectivity index (χ1v) is 7.13. The van der Waals surface area contributed by atoms with E-state index in [9.17, 15) is 0 Å². The number of rotatable bonds is 4. The minimum Gasteiger partial charge on any atom is -0.369 e. The summed E-state index contributed by atoms with van der Waals surface area (Å²) in [7, 11) is 2.05. The molecule has 1 nitrogen and oxygen atoms in total. The van der Waals surface area contributed by atoms with Crippen LogP contribution in [0.5, 0.6) is 0 Å². The average molecular weight is 294 g/mol. The quantitative estimate of drug-likeness (QED) is 0.715. The number of halogens is 2. The van der Waals surface area contributed by atoms with Gasteiger partial charge in [-0.1, -0.05) is 48.0 Å². The molecule has 0 aliphatic carbocycles. The highest BCUT2D eigenvalue weighted by molar-refractivity contribution is 6.33. The first-order valence-electron chi connectivity index (χ1n) is 6.22. The van der Waals surface area contributed by atoms with Gasteiger partial charge < -0.3 is 4.90 Å². The van der Waals surface area contributed by atoms with Crippen LogP contribution in [-0.4, -0.2) is 7.05 Å². The number of alkyl halides is 1. The zero-order chi connectivity index (χ0) is 13.8. The van der Waals surface area contributed by atoms with Gasteiger partial charge in [0.05, 0.1) is 10.7 Å². The van der Waals surface area contributed by atoms with E-state index in [0.717, 1.165) is 22.8 Å². The van der Waals surface area contributed by atoms with Crippen molar-refractivity contribution < 1.29 is 0 Å². The molecule has 2 rings (SSSR count). The van der Waals surface area contributed by atoms with Crippen LogP contribution in [0, 0.1) is 6.92 Å². The summed E-state index contributed by atoms with van der Waals surface area (Å²) in [4.78, 5) is 2.16. The third-order valence-electron chi connectivity index (χ3n) is 3.26. The molecule has 3 heteroatoms. The van der Waals surface area contributed by atoms with Gasteiger partial charge in [0, 0.05) is 19.5 Å². The van der Waals surface area contributed by atoms with Gasteiger partial charge in [0.15, 0.2) is 0 Å². The summed E-state index contributed by atoms with van der Waals surface area (Å²) >= 11 is 12.3. The van der Waals surface area contributed by atoms with E-state index < -0.39 is 0 Å². The van der Waals surface area contributed by atoms with Crippen LogP contribution in [0.3, 0.4) is 0 Å². The van der Waals surface area contributed by atoms with Crippen LogP contribution in [0.2, 0.25) is 5.02 Å². The standard InChI is InChI=1S/C16H17Cl2N/c1-12-6-3-4-7-14(12)11-19(2)16-13(10-17)8-5-9-15(16)18/h3-9H,10-11H2,1-2H3. The molecule has 0 aromatic heterocycles. The van der Waals surface area contributed by atoms with Crippen molar-refractivity contribution in [1.82, 2.24) is 0 Å². The number of benzene rings is 2. The van der Waals surface area contributed by atoms with Gasteiger partial charge in [-0.25, -0.2) is 0 Å². The van der Waals surface area contributed by atoms with Crippen molar-refractivity contribution in [2.45, 2.75) is 19.3 Å². The van der Waals surface area contributed by atoms with E-state index in [-0.39, 0.29) is 0 Å². The normalized spacial score (nSPS) is 10.5. The van der Waals surface area contributed by atoms with Gasteiger partial charge in [0.2, 0.25) is 0 Å². The predicted octanol–water partition coefficient (Wildman–Crippen LogP) is 5.02. The molecular weight excluding hydrogens is 277 g/mol. The number of para-hydroxylation sites is 1. The van der Waals surface area contributed by atoms with Gasteiger partial charge in [-0.15, -0.1) is 11.6 Å². The molecule has 0 saturated carbocycles. The van der Waals surface area contributed by atoms with Gasteiger partial charge >= 0.3 is 0 Å². The Morgan fingerprint density at radius 1 is 1.00 bits per heavy atom. The van der Waals surface area contributed by atoms with Gasteiger partial charge in [-0.05, 0) is 29.7 Å². The maximum Gasteiger partial charge on any atom is 0.0642 e. The van der Waals surface area contributed by atoms with Crippen LogP contribution in [-0.2, 0) is 12.4 Å². The molecule has 19 heavy (non-hydrogen) atoms. The van der Waals surface area contributed by atoms with E-state index in [2.05, 4.69) is 36.1 Å². The molecule has 0 aliphatic heterocycles. The van der Waals surface area contributed by atoms with Crippen LogP contribution < -0.4 is 4.90 Å². The Morgan fingerprint density at radius 2 is 1.68 bits per heavy atom. The Balaban J connectivity index is 2.30. The second kappa shape index (κ2) is 6.31. The molecule has 2 aromatic carbocycles. The zero-order valence-corrected chi connectivity index (χ0v) is 12.7. The van der Waals surface area contributed by atoms with Gasteiger partial charge in [-0.2, -0.15) is 0 Å².